The minimum Gasteiger partial charge on any atom is -0.411 e. The van der Waals surface area contributed by atoms with Gasteiger partial charge in [0.2, 0.25) is 0 Å². The largest absolute Gasteiger partial charge is 0.411 e. The van der Waals surface area contributed by atoms with E-state index in [0.29, 0.717) is 17.5 Å². The topological polar surface area (TPSA) is 93.5 Å². The molecule has 2 aliphatic rings. The summed E-state index contributed by atoms with van der Waals surface area (Å²) in [5.41, 5.74) is 0.676. The van der Waals surface area contributed by atoms with E-state index < -0.39 is 4.92 Å². The molecule has 1 N–H and O–H groups in total. The molecule has 3 rings (SSSR count). The third-order valence-corrected chi connectivity index (χ3v) is 4.18. The van der Waals surface area contributed by atoms with E-state index in [1.165, 1.54) is 6.20 Å². The molecule has 18 heavy (non-hydrogen) atoms. The second-order valence-corrected chi connectivity index (χ2v) is 5.03. The molecule has 96 valence electrons. The summed E-state index contributed by atoms with van der Waals surface area (Å²) in [4.78, 5) is 14.6. The number of hydrogen-bond donors (Lipinski definition) is 1. The van der Waals surface area contributed by atoms with Crippen LogP contribution in [-0.4, -0.2) is 25.4 Å². The first-order chi connectivity index (χ1) is 8.63. The van der Waals surface area contributed by atoms with Crippen molar-refractivity contribution < 1.29 is 10.1 Å². The van der Waals surface area contributed by atoms with Crippen molar-refractivity contribution in [2.75, 3.05) is 0 Å². The second-order valence-electron chi connectivity index (χ2n) is 5.03. The van der Waals surface area contributed by atoms with Crippen LogP contribution in [0.2, 0.25) is 0 Å². The second kappa shape index (κ2) is 3.79. The van der Waals surface area contributed by atoms with Crippen molar-refractivity contribution in [2.24, 2.45) is 17.0 Å². The highest BCUT2D eigenvalue weighted by molar-refractivity contribution is 5.93. The van der Waals surface area contributed by atoms with E-state index >= 15 is 0 Å². The molecule has 7 nitrogen and oxygen atoms in total. The quantitative estimate of drug-likeness (QED) is 0.492. The number of fused-ring (bicyclic) bond motifs is 2. The van der Waals surface area contributed by atoms with E-state index in [9.17, 15) is 10.1 Å². The molecule has 1 aromatic rings. The summed E-state index contributed by atoms with van der Waals surface area (Å²) >= 11 is 0. The molecular weight excluding hydrogens is 236 g/mol. The average Bonchev–Trinajstić information content (AvgIpc) is 3.00. The van der Waals surface area contributed by atoms with Gasteiger partial charge in [-0.25, -0.2) is 9.55 Å². The van der Waals surface area contributed by atoms with Crippen LogP contribution in [0, 0.1) is 28.9 Å². The van der Waals surface area contributed by atoms with Crippen LogP contribution in [0.1, 0.15) is 31.1 Å². The predicted molar refractivity (Wildman–Crippen MR) is 62.7 cm³/mol. The molecule has 0 unspecified atom stereocenters. The molecule has 0 aliphatic heterocycles. The summed E-state index contributed by atoms with van der Waals surface area (Å²) in [5, 5.41) is 23.6. The molecule has 0 amide bonds. The van der Waals surface area contributed by atoms with Gasteiger partial charge in [0.15, 0.2) is 5.82 Å². The van der Waals surface area contributed by atoms with Gasteiger partial charge in [0, 0.05) is 18.8 Å². The number of nitro groups is 1. The summed E-state index contributed by atoms with van der Waals surface area (Å²) in [6.07, 6.45) is 4.28. The molecule has 2 fully saturated rings. The Balaban J connectivity index is 2.10. The van der Waals surface area contributed by atoms with Crippen LogP contribution < -0.4 is 0 Å². The zero-order chi connectivity index (χ0) is 12.9. The zero-order valence-electron chi connectivity index (χ0n) is 9.98. The fraction of sp³-hybridized carbons (Fsp3) is 0.636. The van der Waals surface area contributed by atoms with Gasteiger partial charge >= 0.3 is 5.82 Å². The lowest BCUT2D eigenvalue weighted by atomic mass is 9.93. The third kappa shape index (κ3) is 1.36. The first kappa shape index (κ1) is 11.2. The maximum atomic E-state index is 11.0. The molecule has 2 saturated carbocycles. The number of aromatic nitrogens is 2. The SMILES string of the molecule is Cc1ncc([N+](=O)[O-])n1[C@@H]1/C(=N\O)[C@H]2CC[C@H]1C2. The smallest absolute Gasteiger partial charge is 0.343 e. The molecule has 3 atom stereocenters. The Kier molecular flexibility index (Phi) is 2.36. The Morgan fingerprint density at radius 3 is 3.06 bits per heavy atom. The lowest BCUT2D eigenvalue weighted by molar-refractivity contribution is -0.392. The van der Waals surface area contributed by atoms with Gasteiger partial charge in [0.1, 0.15) is 18.0 Å². The van der Waals surface area contributed by atoms with E-state index in [4.69, 9.17) is 5.21 Å². The molecule has 2 aliphatic carbocycles. The van der Waals surface area contributed by atoms with Crippen molar-refractivity contribution in [3.63, 3.8) is 0 Å². The number of hydrogen-bond acceptors (Lipinski definition) is 5. The van der Waals surface area contributed by atoms with E-state index in [-0.39, 0.29) is 17.8 Å². The Morgan fingerprint density at radius 2 is 2.39 bits per heavy atom. The van der Waals surface area contributed by atoms with Crippen LogP contribution in [0.25, 0.3) is 0 Å². The molecule has 0 spiro atoms. The van der Waals surface area contributed by atoms with Crippen molar-refractivity contribution in [3.8, 4) is 0 Å². The first-order valence-corrected chi connectivity index (χ1v) is 6.03. The average molecular weight is 250 g/mol. The van der Waals surface area contributed by atoms with Gasteiger partial charge in [0.25, 0.3) is 0 Å². The molecule has 2 bridgehead atoms. The van der Waals surface area contributed by atoms with Crippen LogP contribution in [0.15, 0.2) is 11.4 Å². The Labute approximate surface area is 103 Å². The molecule has 0 aromatic carbocycles. The van der Waals surface area contributed by atoms with Crippen LogP contribution in [0.5, 0.6) is 0 Å². The lowest BCUT2D eigenvalue weighted by Crippen LogP contribution is -2.27. The van der Waals surface area contributed by atoms with Crippen LogP contribution in [0.4, 0.5) is 5.82 Å². The van der Waals surface area contributed by atoms with Crippen LogP contribution in [0.3, 0.4) is 0 Å². The fourth-order valence-corrected chi connectivity index (χ4v) is 3.46. The number of aryl methyl sites for hydroxylation is 1. The van der Waals surface area contributed by atoms with E-state index in [2.05, 4.69) is 10.1 Å². The van der Waals surface area contributed by atoms with E-state index in [1.807, 2.05) is 0 Å². The van der Waals surface area contributed by atoms with Gasteiger partial charge in [0.05, 0.1) is 0 Å². The van der Waals surface area contributed by atoms with Gasteiger partial charge in [-0.3, -0.25) is 0 Å². The summed E-state index contributed by atoms with van der Waals surface area (Å²) in [6.45, 7) is 1.74. The van der Waals surface area contributed by atoms with Gasteiger partial charge in [-0.2, -0.15) is 0 Å². The fourth-order valence-electron chi connectivity index (χ4n) is 3.46. The van der Waals surface area contributed by atoms with Crippen molar-refractivity contribution in [1.29, 1.82) is 0 Å². The molecule has 1 aromatic heterocycles. The zero-order valence-corrected chi connectivity index (χ0v) is 9.98. The van der Waals surface area contributed by atoms with E-state index in [1.54, 1.807) is 11.5 Å². The number of rotatable bonds is 2. The van der Waals surface area contributed by atoms with Crippen molar-refractivity contribution in [1.82, 2.24) is 9.55 Å². The molecular formula is C11H14N4O3. The monoisotopic (exact) mass is 250 g/mol. The molecule has 7 heteroatoms. The minimum absolute atomic E-state index is 0.0220. The highest BCUT2D eigenvalue weighted by atomic mass is 16.6. The van der Waals surface area contributed by atoms with Gasteiger partial charge in [-0.15, -0.1) is 0 Å². The van der Waals surface area contributed by atoms with Crippen LogP contribution >= 0.6 is 0 Å². The summed E-state index contributed by atoms with van der Waals surface area (Å²) in [5.74, 6) is 1.17. The Hall–Kier alpha value is -1.92. The van der Waals surface area contributed by atoms with E-state index in [0.717, 1.165) is 19.3 Å². The lowest BCUT2D eigenvalue weighted by Gasteiger charge is -2.21. The molecule has 0 radical (unpaired) electrons. The predicted octanol–water partition coefficient (Wildman–Crippen LogP) is 1.90. The maximum Gasteiger partial charge on any atom is 0.343 e. The van der Waals surface area contributed by atoms with Gasteiger partial charge < -0.3 is 15.3 Å². The summed E-state index contributed by atoms with van der Waals surface area (Å²) in [7, 11) is 0. The van der Waals surface area contributed by atoms with Crippen molar-refractivity contribution in [2.45, 2.75) is 32.2 Å². The molecule has 1 heterocycles. The number of imidazole rings is 1. The molecule has 0 saturated heterocycles. The Morgan fingerprint density at radius 1 is 1.61 bits per heavy atom. The van der Waals surface area contributed by atoms with Crippen molar-refractivity contribution in [3.05, 3.63) is 22.1 Å². The normalized spacial score (nSPS) is 32.3. The highest BCUT2D eigenvalue weighted by Crippen LogP contribution is 2.50. The number of oxime groups is 1. The van der Waals surface area contributed by atoms with Gasteiger partial charge in [-0.05, 0) is 24.2 Å². The Bertz CT molecular complexity index is 536. The van der Waals surface area contributed by atoms with Crippen LogP contribution in [-0.2, 0) is 0 Å². The minimum atomic E-state index is -0.430. The standard InChI is InChI=1S/C11H14N4O3/c1-6-12-5-9(15(17)18)14(6)11-8-3-2-7(4-8)10(11)13-16/h5,7-8,11,16H,2-4H2,1H3/b13-10-/t7-,8-,11-/m0/s1. The first-order valence-electron chi connectivity index (χ1n) is 6.03. The number of nitrogens with zero attached hydrogens (tertiary/aromatic N) is 4. The summed E-state index contributed by atoms with van der Waals surface area (Å²) < 4.78 is 1.61. The third-order valence-electron chi connectivity index (χ3n) is 4.18. The van der Waals surface area contributed by atoms with Gasteiger partial charge in [-0.1, -0.05) is 5.16 Å². The highest BCUT2D eigenvalue weighted by Gasteiger charge is 2.50. The summed E-state index contributed by atoms with van der Waals surface area (Å²) in [6, 6.07) is -0.198. The maximum absolute atomic E-state index is 11.0. The van der Waals surface area contributed by atoms with Crippen molar-refractivity contribution >= 4 is 11.5 Å².